The van der Waals surface area contributed by atoms with Gasteiger partial charge in [-0.15, -0.1) is 0 Å². The Morgan fingerprint density at radius 2 is 1.27 bits per heavy atom. The van der Waals surface area contributed by atoms with Crippen LogP contribution in [0.4, 0.5) is 0 Å². The van der Waals surface area contributed by atoms with Crippen molar-refractivity contribution in [1.29, 1.82) is 5.41 Å². The smallest absolute Gasteiger partial charge is 0.243 e. The van der Waals surface area contributed by atoms with Crippen molar-refractivity contribution in [1.82, 2.24) is 36.9 Å². The number of unbranched alkanes of at least 4 members (excludes halogenated alkanes) is 2. The molecule has 1 aromatic heterocycles. The molecule has 328 valence electrons. The monoisotopic (exact) mass is 835 g/mol. The molecule has 3 aromatic rings. The number of hydrogen-bond donors (Lipinski definition) is 14. The van der Waals surface area contributed by atoms with Crippen molar-refractivity contribution in [2.75, 3.05) is 26.2 Å². The fourth-order valence-electron chi connectivity index (χ4n) is 6.38. The predicted molar refractivity (Wildman–Crippen MR) is 227 cm³/mol. The van der Waals surface area contributed by atoms with Crippen LogP contribution in [0.3, 0.4) is 0 Å². The van der Waals surface area contributed by atoms with Gasteiger partial charge in [0.1, 0.15) is 29.9 Å². The highest BCUT2D eigenvalue weighted by Gasteiger charge is 2.30. The molecule has 0 saturated heterocycles. The van der Waals surface area contributed by atoms with E-state index in [9.17, 15) is 33.9 Å². The van der Waals surface area contributed by atoms with E-state index in [2.05, 4.69) is 36.9 Å². The molecule has 0 radical (unpaired) electrons. The van der Waals surface area contributed by atoms with Gasteiger partial charge >= 0.3 is 0 Å². The van der Waals surface area contributed by atoms with Gasteiger partial charge in [0.25, 0.3) is 0 Å². The number of rotatable bonds is 27. The van der Waals surface area contributed by atoms with Crippen LogP contribution in [0, 0.1) is 5.41 Å². The number of nitrogens with two attached hydrogens (primary N) is 5. The van der Waals surface area contributed by atoms with Gasteiger partial charge in [-0.05, 0) is 87.4 Å². The number of para-hydroxylation sites is 1. The minimum absolute atomic E-state index is 0.0193. The SMILES string of the molecule is N=C(N)NCCC[C@H](NC(=O)[C@@H](N)CCCCN)C(=O)N[C@@H](Cc1ccc(O)cc1)C(=O)NCC(=O)N[C@@H](Cc1c[nH]c2ccccc12)C(=O)N[C@@H](CCCCN)C(N)=O. The number of carbonyl (C=O) groups is 6. The average molecular weight is 836 g/mol. The molecular weight excluding hydrogens is 775 g/mol. The molecule has 20 nitrogen and oxygen atoms in total. The molecule has 0 spiro atoms. The number of carbonyl (C=O) groups excluding carboxylic acids is 6. The Labute approximate surface area is 348 Å². The molecule has 0 aliphatic carbocycles. The second-order valence-electron chi connectivity index (χ2n) is 14.5. The number of amides is 6. The van der Waals surface area contributed by atoms with Crippen LogP contribution in [0.1, 0.15) is 62.5 Å². The Kier molecular flexibility index (Phi) is 20.3. The van der Waals surface area contributed by atoms with Crippen molar-refractivity contribution in [3.05, 3.63) is 65.9 Å². The first-order chi connectivity index (χ1) is 28.7. The molecule has 0 unspecified atom stereocenters. The van der Waals surface area contributed by atoms with Gasteiger partial charge in [-0.1, -0.05) is 36.8 Å². The predicted octanol–water partition coefficient (Wildman–Crippen LogP) is -1.95. The first-order valence-corrected chi connectivity index (χ1v) is 20.1. The summed E-state index contributed by atoms with van der Waals surface area (Å²) in [6.45, 7) is 0.443. The zero-order valence-electron chi connectivity index (χ0n) is 33.8. The molecule has 2 aromatic carbocycles. The van der Waals surface area contributed by atoms with E-state index in [4.69, 9.17) is 34.1 Å². The lowest BCUT2D eigenvalue weighted by Gasteiger charge is -2.25. The standard InChI is InChI=1S/C40H61N13O7/c41-17-5-3-9-28(43)36(57)52-31(12-7-19-47-40(45)46)38(59)53-32(20-24-13-15-26(54)16-14-24)37(58)49-23-34(55)50-33(21-25-22-48-29-10-2-1-8-27(25)29)39(60)51-30(35(44)56)11-4-6-18-42/h1-2,8,10,13-16,22,28,30-33,48,54H,3-7,9,11-12,17-21,23,41-43H2,(H2,44,56)(H,49,58)(H,50,55)(H,51,60)(H,52,57)(H,53,59)(H4,45,46,47)/t28-,30-,31-,32-,33-/m0/s1. The van der Waals surface area contributed by atoms with Crippen LogP contribution in [-0.4, -0.2) is 108 Å². The van der Waals surface area contributed by atoms with Gasteiger partial charge in [0.05, 0.1) is 12.6 Å². The molecule has 0 aliphatic heterocycles. The number of aromatic nitrogens is 1. The van der Waals surface area contributed by atoms with Crippen molar-refractivity contribution in [3.63, 3.8) is 0 Å². The molecule has 0 aliphatic rings. The normalized spacial score (nSPS) is 13.5. The maximum Gasteiger partial charge on any atom is 0.243 e. The topological polar surface area (TPSA) is 365 Å². The third-order valence-electron chi connectivity index (χ3n) is 9.71. The molecule has 5 atom stereocenters. The van der Waals surface area contributed by atoms with E-state index in [1.165, 1.54) is 12.1 Å². The number of H-pyrrole nitrogens is 1. The van der Waals surface area contributed by atoms with Gasteiger partial charge in [-0.25, -0.2) is 0 Å². The number of fused-ring (bicyclic) bond motifs is 1. The van der Waals surface area contributed by atoms with Gasteiger partial charge in [0, 0.05) is 36.5 Å². The van der Waals surface area contributed by atoms with Crippen LogP contribution >= 0.6 is 0 Å². The summed E-state index contributed by atoms with van der Waals surface area (Å²) >= 11 is 0. The zero-order valence-corrected chi connectivity index (χ0v) is 33.8. The van der Waals surface area contributed by atoms with Crippen LogP contribution in [0.5, 0.6) is 5.75 Å². The molecule has 60 heavy (non-hydrogen) atoms. The summed E-state index contributed by atoms with van der Waals surface area (Å²) in [7, 11) is 0. The third kappa shape index (κ3) is 16.5. The number of guanidine groups is 1. The molecular formula is C40H61N13O7. The summed E-state index contributed by atoms with van der Waals surface area (Å²) in [5.74, 6) is -4.50. The lowest BCUT2D eigenvalue weighted by atomic mass is 10.0. The summed E-state index contributed by atoms with van der Waals surface area (Å²) in [5, 5.41) is 33.9. The zero-order chi connectivity index (χ0) is 44.0. The molecule has 0 fully saturated rings. The molecule has 1 heterocycles. The molecule has 20 heteroatoms. The Morgan fingerprint density at radius 1 is 0.667 bits per heavy atom. The van der Waals surface area contributed by atoms with Crippen LogP contribution in [0.2, 0.25) is 0 Å². The maximum atomic E-state index is 13.8. The number of benzene rings is 2. The second kappa shape index (κ2) is 25.3. The van der Waals surface area contributed by atoms with Crippen LogP contribution in [0.25, 0.3) is 10.9 Å². The maximum absolute atomic E-state index is 13.8. The number of aromatic hydroxyl groups is 1. The number of primary amides is 1. The third-order valence-corrected chi connectivity index (χ3v) is 9.71. The van der Waals surface area contributed by atoms with Gasteiger partial charge < -0.3 is 70.7 Å². The Morgan fingerprint density at radius 3 is 1.93 bits per heavy atom. The Balaban J connectivity index is 1.80. The van der Waals surface area contributed by atoms with Crippen molar-refractivity contribution < 1.29 is 33.9 Å². The Bertz CT molecular complexity index is 1890. The van der Waals surface area contributed by atoms with E-state index in [0.717, 1.165) is 10.9 Å². The number of aromatic amines is 1. The number of nitrogens with one attached hydrogen (secondary N) is 8. The van der Waals surface area contributed by atoms with E-state index >= 15 is 0 Å². The van der Waals surface area contributed by atoms with Crippen LogP contribution < -0.4 is 60.6 Å². The molecule has 0 saturated carbocycles. The molecule has 19 N–H and O–H groups in total. The van der Waals surface area contributed by atoms with Crippen molar-refractivity contribution >= 4 is 52.3 Å². The van der Waals surface area contributed by atoms with E-state index in [1.807, 2.05) is 24.3 Å². The van der Waals surface area contributed by atoms with Crippen molar-refractivity contribution in [3.8, 4) is 5.75 Å². The lowest BCUT2D eigenvalue weighted by molar-refractivity contribution is -0.133. The number of phenols is 1. The second-order valence-corrected chi connectivity index (χ2v) is 14.5. The van der Waals surface area contributed by atoms with Crippen molar-refractivity contribution in [2.24, 2.45) is 28.7 Å². The fraction of sp³-hybridized carbons (Fsp3) is 0.475. The summed E-state index contributed by atoms with van der Waals surface area (Å²) in [6, 6.07) is 7.79. The highest BCUT2D eigenvalue weighted by molar-refractivity contribution is 5.96. The number of hydrogen-bond acceptors (Lipinski definition) is 11. The highest BCUT2D eigenvalue weighted by Crippen LogP contribution is 2.19. The fourth-order valence-corrected chi connectivity index (χ4v) is 6.38. The first kappa shape index (κ1) is 48.1. The average Bonchev–Trinajstić information content (AvgIpc) is 3.63. The van der Waals surface area contributed by atoms with Crippen molar-refractivity contribution in [2.45, 2.75) is 94.4 Å². The lowest BCUT2D eigenvalue weighted by Crippen LogP contribution is -2.57. The Hall–Kier alpha value is -6.25. The summed E-state index contributed by atoms with van der Waals surface area (Å²) in [6.07, 6.45) is 5.05. The molecule has 6 amide bonds. The summed E-state index contributed by atoms with van der Waals surface area (Å²) in [5.41, 5.74) is 30.3. The minimum Gasteiger partial charge on any atom is -0.508 e. The summed E-state index contributed by atoms with van der Waals surface area (Å²) < 4.78 is 0. The van der Waals surface area contributed by atoms with Gasteiger partial charge in [0.15, 0.2) is 5.96 Å². The van der Waals surface area contributed by atoms with Crippen LogP contribution in [-0.2, 0) is 41.6 Å². The number of phenolic OH excluding ortho intramolecular Hbond substituents is 1. The molecule has 3 rings (SSSR count). The van der Waals surface area contributed by atoms with E-state index < -0.39 is 72.2 Å². The first-order valence-electron chi connectivity index (χ1n) is 20.1. The van der Waals surface area contributed by atoms with E-state index in [-0.39, 0.29) is 43.9 Å². The summed E-state index contributed by atoms with van der Waals surface area (Å²) in [4.78, 5) is 83.2. The minimum atomic E-state index is -1.28. The largest absolute Gasteiger partial charge is 0.508 e. The van der Waals surface area contributed by atoms with Gasteiger partial charge in [-0.3, -0.25) is 34.2 Å². The van der Waals surface area contributed by atoms with E-state index in [1.54, 1.807) is 18.3 Å². The van der Waals surface area contributed by atoms with Crippen LogP contribution in [0.15, 0.2) is 54.7 Å². The molecule has 0 bridgehead atoms. The van der Waals surface area contributed by atoms with Gasteiger partial charge in [0.2, 0.25) is 35.4 Å². The van der Waals surface area contributed by atoms with E-state index in [0.29, 0.717) is 62.7 Å². The highest BCUT2D eigenvalue weighted by atomic mass is 16.3. The van der Waals surface area contributed by atoms with Gasteiger partial charge in [-0.2, -0.15) is 0 Å². The quantitative estimate of drug-likeness (QED) is 0.0226.